The van der Waals surface area contributed by atoms with Gasteiger partial charge in [0.1, 0.15) is 11.2 Å². The molecule has 252 valence electrons. The maximum atomic E-state index is 6.73. The number of hydrogen-bond acceptors (Lipinski definition) is 2. The Morgan fingerprint density at radius 1 is 0.333 bits per heavy atom. The molecular weight excluding hydrogens is 655 g/mol. The quantitative estimate of drug-likeness (QED) is 0.168. The van der Waals surface area contributed by atoms with Crippen LogP contribution in [0.2, 0.25) is 0 Å². The minimum atomic E-state index is 0.868. The number of hydrogen-bond donors (Lipinski definition) is 0. The van der Waals surface area contributed by atoms with E-state index in [0.29, 0.717) is 0 Å². The van der Waals surface area contributed by atoms with Crippen LogP contribution in [-0.4, -0.2) is 0 Å². The van der Waals surface area contributed by atoms with Gasteiger partial charge in [0.15, 0.2) is 0 Å². The van der Waals surface area contributed by atoms with Gasteiger partial charge < -0.3 is 9.32 Å². The predicted octanol–water partition coefficient (Wildman–Crippen LogP) is 15.0. The van der Waals surface area contributed by atoms with Gasteiger partial charge in [0.2, 0.25) is 0 Å². The monoisotopic (exact) mass is 687 g/mol. The van der Waals surface area contributed by atoms with Gasteiger partial charge in [-0.05, 0) is 102 Å². The molecule has 0 amide bonds. The summed E-state index contributed by atoms with van der Waals surface area (Å²) in [5, 5.41) is 11.8. The van der Waals surface area contributed by atoms with Crippen LogP contribution in [0, 0.1) is 0 Å². The van der Waals surface area contributed by atoms with Crippen LogP contribution in [0.4, 0.5) is 17.1 Å². The van der Waals surface area contributed by atoms with Gasteiger partial charge in [0, 0.05) is 22.1 Å². The summed E-state index contributed by atoms with van der Waals surface area (Å²) in [6.07, 6.45) is 0. The molecule has 1 aromatic heterocycles. The number of nitrogens with zero attached hydrogens (tertiary/aromatic N) is 1. The van der Waals surface area contributed by atoms with Crippen molar-refractivity contribution in [2.24, 2.45) is 0 Å². The zero-order valence-electron chi connectivity index (χ0n) is 29.4. The smallest absolute Gasteiger partial charge is 0.143 e. The zero-order chi connectivity index (χ0) is 35.6. The number of fused-ring (bicyclic) bond motifs is 9. The van der Waals surface area contributed by atoms with Crippen molar-refractivity contribution in [2.75, 3.05) is 4.90 Å². The van der Waals surface area contributed by atoms with Crippen LogP contribution in [0.3, 0.4) is 0 Å². The van der Waals surface area contributed by atoms with E-state index in [1.165, 1.54) is 60.0 Å². The average Bonchev–Trinajstić information content (AvgIpc) is 3.64. The minimum absolute atomic E-state index is 0.868. The molecule has 11 rings (SSSR count). The summed E-state index contributed by atoms with van der Waals surface area (Å²) in [7, 11) is 0. The summed E-state index contributed by atoms with van der Waals surface area (Å²) >= 11 is 0. The Hall–Kier alpha value is -7.16. The van der Waals surface area contributed by atoms with E-state index in [2.05, 4.69) is 205 Å². The van der Waals surface area contributed by atoms with Crippen molar-refractivity contribution in [1.82, 2.24) is 0 Å². The summed E-state index contributed by atoms with van der Waals surface area (Å²) in [6.45, 7) is 0. The first-order chi connectivity index (χ1) is 26.8. The number of rotatable bonds is 5. The van der Waals surface area contributed by atoms with E-state index >= 15 is 0 Å². The molecule has 0 aliphatic rings. The molecule has 0 saturated carbocycles. The van der Waals surface area contributed by atoms with Crippen LogP contribution in [0.15, 0.2) is 205 Å². The highest BCUT2D eigenvalue weighted by atomic mass is 16.3. The van der Waals surface area contributed by atoms with E-state index in [0.717, 1.165) is 44.4 Å². The molecule has 0 spiro atoms. The summed E-state index contributed by atoms with van der Waals surface area (Å²) in [5.41, 5.74) is 9.88. The third-order valence-electron chi connectivity index (χ3n) is 11.0. The van der Waals surface area contributed by atoms with Crippen LogP contribution < -0.4 is 4.90 Å². The van der Waals surface area contributed by atoms with Crippen molar-refractivity contribution in [3.05, 3.63) is 200 Å². The molecule has 0 unspecified atom stereocenters. The fraction of sp³-hybridized carbons (Fsp3) is 0. The minimum Gasteiger partial charge on any atom is -0.455 e. The highest BCUT2D eigenvalue weighted by Crippen LogP contribution is 2.49. The van der Waals surface area contributed by atoms with Crippen molar-refractivity contribution >= 4 is 82.1 Å². The van der Waals surface area contributed by atoms with Crippen LogP contribution in [0.1, 0.15) is 0 Å². The molecule has 2 nitrogen and oxygen atoms in total. The van der Waals surface area contributed by atoms with Crippen molar-refractivity contribution in [2.45, 2.75) is 0 Å². The second-order valence-electron chi connectivity index (χ2n) is 14.0. The second-order valence-corrected chi connectivity index (χ2v) is 14.0. The molecule has 54 heavy (non-hydrogen) atoms. The van der Waals surface area contributed by atoms with Crippen molar-refractivity contribution < 1.29 is 4.42 Å². The molecule has 2 heteroatoms. The first kappa shape index (κ1) is 30.5. The molecule has 11 aromatic rings. The fourth-order valence-electron chi connectivity index (χ4n) is 8.59. The van der Waals surface area contributed by atoms with E-state index in [9.17, 15) is 0 Å². The third kappa shape index (κ3) is 4.74. The summed E-state index contributed by atoms with van der Waals surface area (Å²) in [6, 6.07) is 72.3. The highest BCUT2D eigenvalue weighted by Gasteiger charge is 2.23. The zero-order valence-corrected chi connectivity index (χ0v) is 29.4. The van der Waals surface area contributed by atoms with Crippen LogP contribution in [0.5, 0.6) is 0 Å². The number of benzene rings is 10. The Bertz CT molecular complexity index is 3210. The molecule has 0 N–H and O–H groups in total. The molecule has 0 fully saturated rings. The van der Waals surface area contributed by atoms with Crippen molar-refractivity contribution in [3.8, 4) is 22.3 Å². The Morgan fingerprint density at radius 2 is 0.889 bits per heavy atom. The van der Waals surface area contributed by atoms with Crippen molar-refractivity contribution in [3.63, 3.8) is 0 Å². The van der Waals surface area contributed by atoms with Gasteiger partial charge in [0.25, 0.3) is 0 Å². The maximum Gasteiger partial charge on any atom is 0.143 e. The van der Waals surface area contributed by atoms with Gasteiger partial charge in [-0.2, -0.15) is 0 Å². The lowest BCUT2D eigenvalue weighted by Crippen LogP contribution is -2.10. The Balaban J connectivity index is 1.26. The summed E-state index contributed by atoms with van der Waals surface area (Å²) < 4.78 is 6.73. The second kappa shape index (κ2) is 12.2. The first-order valence-electron chi connectivity index (χ1n) is 18.5. The molecule has 0 aliphatic carbocycles. The number of furan rings is 1. The molecule has 0 bridgehead atoms. The molecular formula is C52H33NO. The lowest BCUT2D eigenvalue weighted by atomic mass is 9.85. The van der Waals surface area contributed by atoms with Gasteiger partial charge in [-0.1, -0.05) is 158 Å². The summed E-state index contributed by atoms with van der Waals surface area (Å²) in [4.78, 5) is 2.42. The summed E-state index contributed by atoms with van der Waals surface area (Å²) in [5.74, 6) is 0. The standard InChI is InChI=1S/C52H33NO/c1-3-16-36(17-4-1)49-44-23-12-11-22-42(44)43-31-29-40(33-46(43)50(49)37-18-5-2-6-19-37)53(39-28-26-34-14-7-8-20-38(34)32-39)47-24-13-25-48-51(47)45-30-27-35-15-9-10-21-41(35)52(45)54-48/h1-33H. The van der Waals surface area contributed by atoms with E-state index in [4.69, 9.17) is 4.42 Å². The van der Waals surface area contributed by atoms with E-state index < -0.39 is 0 Å². The lowest BCUT2D eigenvalue weighted by molar-refractivity contribution is 0.672. The predicted molar refractivity (Wildman–Crippen MR) is 229 cm³/mol. The third-order valence-corrected chi connectivity index (χ3v) is 11.0. The Labute approximate surface area is 312 Å². The van der Waals surface area contributed by atoms with Gasteiger partial charge >= 0.3 is 0 Å². The van der Waals surface area contributed by atoms with E-state index in [-0.39, 0.29) is 0 Å². The topological polar surface area (TPSA) is 16.4 Å². The Kier molecular flexibility index (Phi) is 6.90. The van der Waals surface area contributed by atoms with Gasteiger partial charge in [0.05, 0.1) is 11.1 Å². The van der Waals surface area contributed by atoms with E-state index in [1.54, 1.807) is 0 Å². The molecule has 0 atom stereocenters. The molecule has 0 radical (unpaired) electrons. The van der Waals surface area contributed by atoms with Gasteiger partial charge in [-0.3, -0.25) is 0 Å². The lowest BCUT2D eigenvalue weighted by Gasteiger charge is -2.28. The number of anilines is 3. The first-order valence-corrected chi connectivity index (χ1v) is 18.5. The van der Waals surface area contributed by atoms with Gasteiger partial charge in [-0.15, -0.1) is 0 Å². The molecule has 0 saturated heterocycles. The van der Waals surface area contributed by atoms with Crippen LogP contribution in [-0.2, 0) is 0 Å². The fourth-order valence-corrected chi connectivity index (χ4v) is 8.59. The molecule has 0 aliphatic heterocycles. The molecule has 1 heterocycles. The largest absolute Gasteiger partial charge is 0.455 e. The SMILES string of the molecule is c1ccc(-c2c(-c3ccccc3)c3cc(N(c4ccc5ccccc5c4)c4cccc5oc6c7ccccc7ccc6c45)ccc3c3ccccc23)cc1. The Morgan fingerprint density at radius 3 is 1.67 bits per heavy atom. The van der Waals surface area contributed by atoms with Crippen LogP contribution >= 0.6 is 0 Å². The van der Waals surface area contributed by atoms with Gasteiger partial charge in [-0.25, -0.2) is 0 Å². The van der Waals surface area contributed by atoms with Crippen LogP contribution in [0.25, 0.3) is 87.3 Å². The van der Waals surface area contributed by atoms with Crippen molar-refractivity contribution in [1.29, 1.82) is 0 Å². The average molecular weight is 688 g/mol. The molecule has 10 aromatic carbocycles. The maximum absolute atomic E-state index is 6.73. The normalized spacial score (nSPS) is 11.7. The highest BCUT2D eigenvalue weighted by molar-refractivity contribution is 6.23. The van der Waals surface area contributed by atoms with E-state index in [1.807, 2.05) is 0 Å².